The van der Waals surface area contributed by atoms with Gasteiger partial charge < -0.3 is 5.11 Å². The molecule has 0 aromatic heterocycles. The molecule has 1 aromatic carbocycles. The van der Waals surface area contributed by atoms with Gasteiger partial charge in [0.2, 0.25) is 0 Å². The van der Waals surface area contributed by atoms with Crippen LogP contribution in [0.15, 0.2) is 6.07 Å². The van der Waals surface area contributed by atoms with Gasteiger partial charge in [0.15, 0.2) is 5.75 Å². The van der Waals surface area contributed by atoms with E-state index in [1.165, 1.54) is 6.07 Å². The van der Waals surface area contributed by atoms with E-state index in [0.717, 1.165) is 0 Å². The van der Waals surface area contributed by atoms with Crippen LogP contribution in [0.25, 0.3) is 0 Å². The molecule has 0 radical (unpaired) electrons. The third-order valence-corrected chi connectivity index (χ3v) is 2.51. The van der Waals surface area contributed by atoms with Gasteiger partial charge in [0.25, 0.3) is 0 Å². The topological polar surface area (TPSA) is 37.3 Å². The average molecular weight is 219 g/mol. The standard InChI is InChI=1S/C9H8Cl2O2/c1-2-6-5(4-12)3-7(10)9(13)8(6)11/h3-4,13H,2H2,1H3. The van der Waals surface area contributed by atoms with Gasteiger partial charge in [0.1, 0.15) is 6.29 Å². The van der Waals surface area contributed by atoms with E-state index in [1.807, 2.05) is 6.92 Å². The second-order valence-electron chi connectivity index (χ2n) is 2.56. The molecular weight excluding hydrogens is 211 g/mol. The highest BCUT2D eigenvalue weighted by atomic mass is 35.5. The summed E-state index contributed by atoms with van der Waals surface area (Å²) in [6, 6.07) is 1.41. The van der Waals surface area contributed by atoms with Crippen molar-refractivity contribution >= 4 is 29.5 Å². The second-order valence-corrected chi connectivity index (χ2v) is 3.35. The van der Waals surface area contributed by atoms with Crippen molar-refractivity contribution in [2.75, 3.05) is 0 Å². The van der Waals surface area contributed by atoms with Gasteiger partial charge in [0.05, 0.1) is 10.0 Å². The Kier molecular flexibility index (Phi) is 3.17. The maximum Gasteiger partial charge on any atom is 0.153 e. The lowest BCUT2D eigenvalue weighted by molar-refractivity contribution is 0.112. The molecule has 13 heavy (non-hydrogen) atoms. The van der Waals surface area contributed by atoms with Crippen LogP contribution in [0, 0.1) is 0 Å². The zero-order valence-electron chi connectivity index (χ0n) is 6.97. The fourth-order valence-electron chi connectivity index (χ4n) is 1.13. The van der Waals surface area contributed by atoms with Gasteiger partial charge >= 0.3 is 0 Å². The maximum atomic E-state index is 10.6. The largest absolute Gasteiger partial charge is 0.505 e. The molecule has 0 aliphatic carbocycles. The summed E-state index contributed by atoms with van der Waals surface area (Å²) in [6.07, 6.45) is 1.26. The van der Waals surface area contributed by atoms with Crippen molar-refractivity contribution in [3.8, 4) is 5.75 Å². The first-order valence-electron chi connectivity index (χ1n) is 3.76. The Labute approximate surface area is 86.1 Å². The Morgan fingerprint density at radius 1 is 1.54 bits per heavy atom. The first kappa shape index (κ1) is 10.4. The van der Waals surface area contributed by atoms with E-state index < -0.39 is 0 Å². The minimum Gasteiger partial charge on any atom is -0.505 e. The molecule has 1 N–H and O–H groups in total. The van der Waals surface area contributed by atoms with Gasteiger partial charge in [-0.05, 0) is 18.1 Å². The number of halogens is 2. The summed E-state index contributed by atoms with van der Waals surface area (Å²) >= 11 is 11.4. The number of phenolic OH excluding ortho intramolecular Hbond substituents is 1. The number of aldehydes is 1. The molecule has 0 unspecified atom stereocenters. The summed E-state index contributed by atoms with van der Waals surface area (Å²) < 4.78 is 0. The summed E-state index contributed by atoms with van der Waals surface area (Å²) in [5, 5.41) is 9.62. The predicted molar refractivity (Wildman–Crippen MR) is 52.9 cm³/mol. The number of carbonyl (C=O) groups is 1. The molecule has 0 aliphatic rings. The maximum absolute atomic E-state index is 10.6. The van der Waals surface area contributed by atoms with Crippen molar-refractivity contribution in [2.45, 2.75) is 13.3 Å². The van der Waals surface area contributed by atoms with Crippen LogP contribution in [0.2, 0.25) is 10.0 Å². The van der Waals surface area contributed by atoms with E-state index in [9.17, 15) is 9.90 Å². The first-order valence-corrected chi connectivity index (χ1v) is 4.52. The van der Waals surface area contributed by atoms with E-state index in [-0.39, 0.29) is 15.8 Å². The lowest BCUT2D eigenvalue weighted by atomic mass is 10.1. The molecule has 0 aliphatic heterocycles. The van der Waals surface area contributed by atoms with Crippen molar-refractivity contribution in [2.24, 2.45) is 0 Å². The van der Waals surface area contributed by atoms with E-state index >= 15 is 0 Å². The highest BCUT2D eigenvalue weighted by Gasteiger charge is 2.13. The lowest BCUT2D eigenvalue weighted by Crippen LogP contribution is -1.92. The fraction of sp³-hybridized carbons (Fsp3) is 0.222. The van der Waals surface area contributed by atoms with Crippen LogP contribution >= 0.6 is 23.2 Å². The van der Waals surface area contributed by atoms with Gasteiger partial charge in [-0.3, -0.25) is 4.79 Å². The minimum atomic E-state index is -0.161. The number of aromatic hydroxyl groups is 1. The summed E-state index contributed by atoms with van der Waals surface area (Å²) in [5.41, 5.74) is 1.05. The Morgan fingerprint density at radius 2 is 2.15 bits per heavy atom. The molecule has 4 heteroatoms. The van der Waals surface area contributed by atoms with Crippen molar-refractivity contribution in [1.82, 2.24) is 0 Å². The first-order chi connectivity index (χ1) is 6.11. The smallest absolute Gasteiger partial charge is 0.153 e. The number of carbonyl (C=O) groups excluding carboxylic acids is 1. The van der Waals surface area contributed by atoms with Gasteiger partial charge in [-0.15, -0.1) is 0 Å². The third-order valence-electron chi connectivity index (χ3n) is 1.81. The number of phenols is 1. The summed E-state index contributed by atoms with van der Waals surface area (Å²) in [7, 11) is 0. The Morgan fingerprint density at radius 3 is 2.62 bits per heavy atom. The van der Waals surface area contributed by atoms with Crippen LogP contribution in [0.1, 0.15) is 22.8 Å². The van der Waals surface area contributed by atoms with Crippen molar-refractivity contribution < 1.29 is 9.90 Å². The monoisotopic (exact) mass is 218 g/mol. The van der Waals surface area contributed by atoms with E-state index in [2.05, 4.69) is 0 Å². The number of benzene rings is 1. The summed E-state index contributed by atoms with van der Waals surface area (Å²) in [6.45, 7) is 1.85. The highest BCUT2D eigenvalue weighted by molar-refractivity contribution is 6.38. The fourth-order valence-corrected chi connectivity index (χ4v) is 1.74. The highest BCUT2D eigenvalue weighted by Crippen LogP contribution is 2.36. The van der Waals surface area contributed by atoms with Crippen LogP contribution in [0.4, 0.5) is 0 Å². The minimum absolute atomic E-state index is 0.101. The zero-order chi connectivity index (χ0) is 10.0. The number of rotatable bonds is 2. The second kappa shape index (κ2) is 3.99. The van der Waals surface area contributed by atoms with E-state index in [4.69, 9.17) is 23.2 Å². The predicted octanol–water partition coefficient (Wildman–Crippen LogP) is 3.07. The molecule has 0 heterocycles. The van der Waals surface area contributed by atoms with Crippen LogP contribution in [-0.4, -0.2) is 11.4 Å². The molecule has 0 amide bonds. The van der Waals surface area contributed by atoms with Gasteiger partial charge in [-0.2, -0.15) is 0 Å². The van der Waals surface area contributed by atoms with Gasteiger partial charge in [0, 0.05) is 5.56 Å². The molecule has 2 nitrogen and oxygen atoms in total. The van der Waals surface area contributed by atoms with Crippen molar-refractivity contribution in [3.63, 3.8) is 0 Å². The molecule has 70 valence electrons. The Balaban J connectivity index is 3.47. The number of hydrogen-bond acceptors (Lipinski definition) is 2. The molecule has 0 fully saturated rings. The van der Waals surface area contributed by atoms with Crippen LogP contribution in [0.3, 0.4) is 0 Å². The van der Waals surface area contributed by atoms with E-state index in [0.29, 0.717) is 23.8 Å². The average Bonchev–Trinajstić information content (AvgIpc) is 2.13. The molecule has 0 saturated carbocycles. The summed E-state index contributed by atoms with van der Waals surface area (Å²) in [5.74, 6) is -0.161. The normalized spacial score (nSPS) is 10.1. The quantitative estimate of drug-likeness (QED) is 0.776. The van der Waals surface area contributed by atoms with Crippen LogP contribution in [0.5, 0.6) is 5.75 Å². The van der Waals surface area contributed by atoms with Gasteiger partial charge in [-0.1, -0.05) is 30.1 Å². The van der Waals surface area contributed by atoms with Crippen LogP contribution in [-0.2, 0) is 6.42 Å². The van der Waals surface area contributed by atoms with Crippen LogP contribution < -0.4 is 0 Å². The summed E-state index contributed by atoms with van der Waals surface area (Å²) in [4.78, 5) is 10.6. The van der Waals surface area contributed by atoms with Crippen molar-refractivity contribution in [1.29, 1.82) is 0 Å². The molecule has 1 aromatic rings. The molecule has 0 atom stereocenters. The molecule has 0 saturated heterocycles. The number of hydrogen-bond donors (Lipinski definition) is 1. The van der Waals surface area contributed by atoms with E-state index in [1.54, 1.807) is 0 Å². The third kappa shape index (κ3) is 1.79. The molecular formula is C9H8Cl2O2. The Bertz CT molecular complexity index is 348. The lowest BCUT2D eigenvalue weighted by Gasteiger charge is -2.07. The molecule has 0 spiro atoms. The molecule has 0 bridgehead atoms. The van der Waals surface area contributed by atoms with Gasteiger partial charge in [-0.25, -0.2) is 0 Å². The Hall–Kier alpha value is -0.730. The molecule has 1 rings (SSSR count). The zero-order valence-corrected chi connectivity index (χ0v) is 8.49. The SMILES string of the molecule is CCc1c(C=O)cc(Cl)c(O)c1Cl. The van der Waals surface area contributed by atoms with Crippen molar-refractivity contribution in [3.05, 3.63) is 27.2 Å².